The van der Waals surface area contributed by atoms with Gasteiger partial charge in [0.05, 0.1) is 18.1 Å². The number of ether oxygens (including phenoxy) is 1. The molecule has 0 aliphatic carbocycles. The van der Waals surface area contributed by atoms with Crippen LogP contribution in [0.15, 0.2) is 35.4 Å². The van der Waals surface area contributed by atoms with Crippen LogP contribution in [0.2, 0.25) is 0 Å². The predicted octanol–water partition coefficient (Wildman–Crippen LogP) is 2.41. The summed E-state index contributed by atoms with van der Waals surface area (Å²) in [7, 11) is 0. The van der Waals surface area contributed by atoms with E-state index >= 15 is 0 Å². The largest absolute Gasteiger partial charge is 0.508 e. The number of aromatic nitrogens is 2. The van der Waals surface area contributed by atoms with Gasteiger partial charge in [0, 0.05) is 24.8 Å². The fourth-order valence-corrected chi connectivity index (χ4v) is 2.81. The van der Waals surface area contributed by atoms with Crippen molar-refractivity contribution in [2.45, 2.75) is 4.90 Å². The third-order valence-electron chi connectivity index (χ3n) is 3.37. The number of phenolic OH excluding ortho intramolecular Hbond substituents is 1. The van der Waals surface area contributed by atoms with Gasteiger partial charge >= 0.3 is 0 Å². The first-order valence-electron chi connectivity index (χ1n) is 6.81. The molecule has 3 rings (SSSR count). The fraction of sp³-hybridized carbons (Fsp3) is 0.333. The lowest BCUT2D eigenvalue weighted by molar-refractivity contribution is 0.122. The lowest BCUT2D eigenvalue weighted by Gasteiger charge is -2.29. The van der Waals surface area contributed by atoms with Crippen molar-refractivity contribution in [2.24, 2.45) is 0 Å². The Labute approximate surface area is 128 Å². The second-order valence-electron chi connectivity index (χ2n) is 4.74. The molecule has 0 saturated carbocycles. The highest BCUT2D eigenvalue weighted by Crippen LogP contribution is 2.29. The minimum absolute atomic E-state index is 0.220. The summed E-state index contributed by atoms with van der Waals surface area (Å²) in [5.74, 6) is 1.79. The Bertz CT molecular complexity index is 630. The Morgan fingerprint density at radius 3 is 2.81 bits per heavy atom. The predicted molar refractivity (Wildman–Crippen MR) is 83.9 cm³/mol. The van der Waals surface area contributed by atoms with Gasteiger partial charge in [-0.25, -0.2) is 9.97 Å². The van der Waals surface area contributed by atoms with Crippen LogP contribution in [-0.4, -0.2) is 47.6 Å². The van der Waals surface area contributed by atoms with E-state index in [1.807, 2.05) is 18.5 Å². The van der Waals surface area contributed by atoms with Gasteiger partial charge < -0.3 is 14.7 Å². The number of thioether (sulfide) groups is 1. The van der Waals surface area contributed by atoms with Gasteiger partial charge in [-0.2, -0.15) is 0 Å². The van der Waals surface area contributed by atoms with Crippen molar-refractivity contribution in [2.75, 3.05) is 37.5 Å². The number of aromatic hydroxyl groups is 1. The highest BCUT2D eigenvalue weighted by Gasteiger charge is 2.17. The van der Waals surface area contributed by atoms with Crippen LogP contribution in [0, 0.1) is 0 Å². The molecule has 0 spiro atoms. The van der Waals surface area contributed by atoms with Crippen LogP contribution >= 0.6 is 11.8 Å². The molecular formula is C15H17N3O2S. The SMILES string of the molecule is CSc1cnc(-c2cccc(O)c2)nc1N1CCOCC1. The summed E-state index contributed by atoms with van der Waals surface area (Å²) in [6, 6.07) is 7.02. The maximum atomic E-state index is 9.61. The normalized spacial score (nSPS) is 15.2. The molecule has 110 valence electrons. The molecule has 2 aromatic rings. The standard InChI is InChI=1S/C15H17N3O2S/c1-21-13-10-16-14(11-3-2-4-12(19)9-11)17-15(13)18-5-7-20-8-6-18/h2-4,9-10,19H,5-8H2,1H3. The molecule has 1 aliphatic heterocycles. The number of phenols is 1. The quantitative estimate of drug-likeness (QED) is 0.879. The van der Waals surface area contributed by atoms with Crippen LogP contribution in [0.1, 0.15) is 0 Å². The third kappa shape index (κ3) is 3.11. The van der Waals surface area contributed by atoms with Gasteiger partial charge in [0.25, 0.3) is 0 Å². The zero-order chi connectivity index (χ0) is 14.7. The van der Waals surface area contributed by atoms with E-state index in [-0.39, 0.29) is 5.75 Å². The number of rotatable bonds is 3. The van der Waals surface area contributed by atoms with E-state index in [0.717, 1.165) is 42.6 Å². The highest BCUT2D eigenvalue weighted by atomic mass is 32.2. The fourth-order valence-electron chi connectivity index (χ4n) is 2.29. The minimum atomic E-state index is 0.220. The summed E-state index contributed by atoms with van der Waals surface area (Å²) in [6.45, 7) is 3.12. The van der Waals surface area contributed by atoms with E-state index in [9.17, 15) is 5.11 Å². The third-order valence-corrected chi connectivity index (χ3v) is 4.10. The molecule has 1 fully saturated rings. The molecule has 5 nitrogen and oxygen atoms in total. The van der Waals surface area contributed by atoms with Gasteiger partial charge in [0.1, 0.15) is 11.6 Å². The van der Waals surface area contributed by atoms with Crippen LogP contribution in [0.25, 0.3) is 11.4 Å². The topological polar surface area (TPSA) is 58.5 Å². The second-order valence-corrected chi connectivity index (χ2v) is 5.58. The molecule has 0 amide bonds. The summed E-state index contributed by atoms with van der Waals surface area (Å²) >= 11 is 1.64. The van der Waals surface area contributed by atoms with Crippen molar-refractivity contribution in [3.05, 3.63) is 30.5 Å². The monoisotopic (exact) mass is 303 g/mol. The molecule has 1 N–H and O–H groups in total. The van der Waals surface area contributed by atoms with Crippen molar-refractivity contribution in [1.82, 2.24) is 9.97 Å². The summed E-state index contributed by atoms with van der Waals surface area (Å²) in [6.07, 6.45) is 3.87. The highest BCUT2D eigenvalue weighted by molar-refractivity contribution is 7.98. The van der Waals surface area contributed by atoms with Gasteiger partial charge in [0.2, 0.25) is 0 Å². The number of morpholine rings is 1. The number of benzene rings is 1. The summed E-state index contributed by atoms with van der Waals surface area (Å²) < 4.78 is 5.40. The molecule has 1 aromatic heterocycles. The Balaban J connectivity index is 1.99. The van der Waals surface area contributed by atoms with Crippen LogP contribution < -0.4 is 4.90 Å². The maximum absolute atomic E-state index is 9.61. The molecule has 2 heterocycles. The lowest BCUT2D eigenvalue weighted by atomic mass is 10.2. The molecule has 1 saturated heterocycles. The van der Waals surface area contributed by atoms with Crippen LogP contribution in [0.3, 0.4) is 0 Å². The molecule has 0 bridgehead atoms. The van der Waals surface area contributed by atoms with Gasteiger partial charge in [0.15, 0.2) is 5.82 Å². The number of nitrogens with zero attached hydrogens (tertiary/aromatic N) is 3. The van der Waals surface area contributed by atoms with Gasteiger partial charge in [-0.3, -0.25) is 0 Å². The molecule has 1 aromatic carbocycles. The van der Waals surface area contributed by atoms with Gasteiger partial charge in [-0.05, 0) is 18.4 Å². The molecule has 21 heavy (non-hydrogen) atoms. The van der Waals surface area contributed by atoms with Crippen LogP contribution in [0.5, 0.6) is 5.75 Å². The van der Waals surface area contributed by atoms with Crippen molar-refractivity contribution >= 4 is 17.6 Å². The summed E-state index contributed by atoms with van der Waals surface area (Å²) in [5, 5.41) is 9.61. The second kappa shape index (κ2) is 6.32. The van der Waals surface area contributed by atoms with E-state index in [2.05, 4.69) is 9.88 Å². The first kappa shape index (κ1) is 14.2. The van der Waals surface area contributed by atoms with E-state index in [1.165, 1.54) is 0 Å². The number of hydrogen-bond acceptors (Lipinski definition) is 6. The van der Waals surface area contributed by atoms with Crippen molar-refractivity contribution in [3.63, 3.8) is 0 Å². The maximum Gasteiger partial charge on any atom is 0.161 e. The van der Waals surface area contributed by atoms with E-state index in [1.54, 1.807) is 30.0 Å². The Morgan fingerprint density at radius 2 is 2.10 bits per heavy atom. The van der Waals surface area contributed by atoms with E-state index in [0.29, 0.717) is 5.82 Å². The Kier molecular flexibility index (Phi) is 4.26. The van der Waals surface area contributed by atoms with Gasteiger partial charge in [-0.1, -0.05) is 12.1 Å². The smallest absolute Gasteiger partial charge is 0.161 e. The molecule has 0 radical (unpaired) electrons. The van der Waals surface area contributed by atoms with E-state index in [4.69, 9.17) is 9.72 Å². The molecule has 0 atom stereocenters. The van der Waals surface area contributed by atoms with Crippen LogP contribution in [-0.2, 0) is 4.74 Å². The zero-order valence-electron chi connectivity index (χ0n) is 11.8. The first-order chi connectivity index (χ1) is 10.3. The Hall–Kier alpha value is -1.79. The van der Waals surface area contributed by atoms with Crippen LogP contribution in [0.4, 0.5) is 5.82 Å². The zero-order valence-corrected chi connectivity index (χ0v) is 12.6. The average Bonchev–Trinajstić information content (AvgIpc) is 2.55. The first-order valence-corrected chi connectivity index (χ1v) is 8.03. The van der Waals surface area contributed by atoms with Crippen molar-refractivity contribution in [1.29, 1.82) is 0 Å². The molecule has 6 heteroatoms. The molecule has 1 aliphatic rings. The minimum Gasteiger partial charge on any atom is -0.508 e. The van der Waals surface area contributed by atoms with E-state index < -0.39 is 0 Å². The summed E-state index contributed by atoms with van der Waals surface area (Å²) in [4.78, 5) is 12.4. The summed E-state index contributed by atoms with van der Waals surface area (Å²) in [5.41, 5.74) is 0.817. The molecule has 0 unspecified atom stereocenters. The lowest BCUT2D eigenvalue weighted by Crippen LogP contribution is -2.37. The van der Waals surface area contributed by atoms with Crippen molar-refractivity contribution in [3.8, 4) is 17.1 Å². The van der Waals surface area contributed by atoms with Crippen molar-refractivity contribution < 1.29 is 9.84 Å². The average molecular weight is 303 g/mol. The Morgan fingerprint density at radius 1 is 1.29 bits per heavy atom. The number of hydrogen-bond donors (Lipinski definition) is 1. The number of anilines is 1. The molecular weight excluding hydrogens is 286 g/mol. The van der Waals surface area contributed by atoms with Gasteiger partial charge in [-0.15, -0.1) is 11.8 Å².